The van der Waals surface area contributed by atoms with E-state index in [1.54, 1.807) is 18.3 Å². The van der Waals surface area contributed by atoms with Crippen molar-refractivity contribution >= 4 is 11.9 Å². The van der Waals surface area contributed by atoms with Crippen molar-refractivity contribution in [3.63, 3.8) is 0 Å². The van der Waals surface area contributed by atoms with Crippen molar-refractivity contribution in [2.24, 2.45) is 0 Å². The molecule has 0 fully saturated rings. The summed E-state index contributed by atoms with van der Waals surface area (Å²) in [7, 11) is 0. The Morgan fingerprint density at radius 3 is 2.61 bits per heavy atom. The topological polar surface area (TPSA) is 116 Å². The smallest absolute Gasteiger partial charge is 0.326 e. The number of aliphatic carboxylic acids is 1. The van der Waals surface area contributed by atoms with Crippen molar-refractivity contribution in [2.75, 3.05) is 6.54 Å². The van der Waals surface area contributed by atoms with Gasteiger partial charge in [-0.3, -0.25) is 14.8 Å². The molecule has 2 atom stereocenters. The van der Waals surface area contributed by atoms with Gasteiger partial charge in [0.25, 0.3) is 5.91 Å². The molecule has 1 aromatic carbocycles. The number of amides is 1. The van der Waals surface area contributed by atoms with E-state index in [9.17, 15) is 14.7 Å². The average Bonchev–Trinajstić information content (AvgIpc) is 2.91. The first-order valence-corrected chi connectivity index (χ1v) is 12.5. The predicted molar refractivity (Wildman–Crippen MR) is 137 cm³/mol. The van der Waals surface area contributed by atoms with Gasteiger partial charge in [-0.25, -0.2) is 4.79 Å². The number of aromatic nitrogens is 2. The standard InChI is InChI=1S/C28H33N5O3/c34-27(22-13-11-20(12-14-22)18-29-19-23-8-1-2-15-30-23)33-25(28(35)36)10-5-16-31-24-9-3-6-21-7-4-17-32-26(21)24/h1-2,4,7-8,11-15,17,24-25,29,31H,3,5-6,9-10,16,18-19H2,(H,33,34)(H,35,36)/t24?,25-/m0/s1. The maximum Gasteiger partial charge on any atom is 0.326 e. The van der Waals surface area contributed by atoms with Crippen molar-refractivity contribution in [2.45, 2.75) is 57.3 Å². The Morgan fingerprint density at radius 2 is 1.83 bits per heavy atom. The van der Waals surface area contributed by atoms with E-state index in [0.717, 1.165) is 36.2 Å². The number of pyridine rings is 2. The van der Waals surface area contributed by atoms with Crippen LogP contribution in [0.4, 0.5) is 0 Å². The molecule has 0 aliphatic heterocycles. The molecule has 1 aliphatic carbocycles. The third kappa shape index (κ3) is 7.19. The van der Waals surface area contributed by atoms with Crippen LogP contribution in [-0.4, -0.2) is 39.5 Å². The highest BCUT2D eigenvalue weighted by Crippen LogP contribution is 2.27. The lowest BCUT2D eigenvalue weighted by atomic mass is 9.92. The van der Waals surface area contributed by atoms with Gasteiger partial charge in [0.05, 0.1) is 11.4 Å². The third-order valence-electron chi connectivity index (χ3n) is 6.44. The number of carboxylic acid groups (broad SMARTS) is 1. The summed E-state index contributed by atoms with van der Waals surface area (Å²) in [6.07, 6.45) is 7.76. The highest BCUT2D eigenvalue weighted by Gasteiger charge is 2.22. The Balaban J connectivity index is 1.21. The van der Waals surface area contributed by atoms with Gasteiger partial charge in [0.15, 0.2) is 0 Å². The summed E-state index contributed by atoms with van der Waals surface area (Å²) in [5, 5.41) is 19.1. The summed E-state index contributed by atoms with van der Waals surface area (Å²) in [6, 6.07) is 16.3. The summed E-state index contributed by atoms with van der Waals surface area (Å²) in [5.74, 6) is -1.41. The molecule has 8 nitrogen and oxygen atoms in total. The molecule has 1 amide bonds. The molecule has 0 bridgehead atoms. The lowest BCUT2D eigenvalue weighted by Crippen LogP contribution is -2.41. The van der Waals surface area contributed by atoms with Crippen molar-refractivity contribution in [3.05, 3.63) is 95.1 Å². The molecule has 4 rings (SSSR count). The van der Waals surface area contributed by atoms with E-state index in [1.165, 1.54) is 5.56 Å². The molecule has 0 saturated heterocycles. The van der Waals surface area contributed by atoms with Crippen molar-refractivity contribution in [3.8, 4) is 0 Å². The summed E-state index contributed by atoms with van der Waals surface area (Å²) in [5.41, 5.74) is 4.82. The van der Waals surface area contributed by atoms with E-state index in [0.29, 0.717) is 38.0 Å². The molecule has 1 aliphatic rings. The van der Waals surface area contributed by atoms with Gasteiger partial charge in [0, 0.05) is 37.1 Å². The minimum atomic E-state index is -1.02. The molecular formula is C28H33N5O3. The zero-order valence-corrected chi connectivity index (χ0v) is 20.3. The molecule has 4 N–H and O–H groups in total. The normalized spacial score (nSPS) is 15.6. The second-order valence-corrected chi connectivity index (χ2v) is 9.07. The number of carboxylic acids is 1. The Labute approximate surface area is 211 Å². The number of hydrogen-bond donors (Lipinski definition) is 4. The lowest BCUT2D eigenvalue weighted by molar-refractivity contribution is -0.139. The molecule has 188 valence electrons. The molecule has 2 aromatic heterocycles. The molecule has 8 heteroatoms. The van der Waals surface area contributed by atoms with Gasteiger partial charge in [-0.2, -0.15) is 0 Å². The van der Waals surface area contributed by atoms with Crippen LogP contribution in [0.2, 0.25) is 0 Å². The van der Waals surface area contributed by atoms with Crippen molar-refractivity contribution in [1.82, 2.24) is 25.9 Å². The summed E-state index contributed by atoms with van der Waals surface area (Å²) >= 11 is 0. The monoisotopic (exact) mass is 487 g/mol. The lowest BCUT2D eigenvalue weighted by Gasteiger charge is -2.25. The zero-order valence-electron chi connectivity index (χ0n) is 20.3. The number of fused-ring (bicyclic) bond motifs is 1. The van der Waals surface area contributed by atoms with Crippen LogP contribution in [0.25, 0.3) is 0 Å². The first kappa shape index (κ1) is 25.5. The number of carbonyl (C=O) groups is 2. The maximum absolute atomic E-state index is 12.7. The van der Waals surface area contributed by atoms with Crippen molar-refractivity contribution in [1.29, 1.82) is 0 Å². The fourth-order valence-corrected chi connectivity index (χ4v) is 4.50. The van der Waals surface area contributed by atoms with Gasteiger partial charge in [-0.05, 0) is 80.1 Å². The van der Waals surface area contributed by atoms with Crippen LogP contribution in [0, 0.1) is 0 Å². The number of carbonyl (C=O) groups excluding carboxylic acids is 1. The Bertz CT molecular complexity index is 1140. The van der Waals surface area contributed by atoms with Gasteiger partial charge in [0.2, 0.25) is 0 Å². The minimum Gasteiger partial charge on any atom is -0.480 e. The Morgan fingerprint density at radius 1 is 1.00 bits per heavy atom. The van der Waals surface area contributed by atoms with Crippen LogP contribution in [0.5, 0.6) is 0 Å². The van der Waals surface area contributed by atoms with Gasteiger partial charge in [-0.1, -0.05) is 24.3 Å². The SMILES string of the molecule is O=C(N[C@@H](CCCNC1CCCc2cccnc21)C(=O)O)c1ccc(CNCc2ccccn2)cc1. The van der Waals surface area contributed by atoms with E-state index >= 15 is 0 Å². The number of nitrogens with one attached hydrogen (secondary N) is 3. The molecule has 0 saturated carbocycles. The summed E-state index contributed by atoms with van der Waals surface area (Å²) in [4.78, 5) is 33.2. The summed E-state index contributed by atoms with van der Waals surface area (Å²) in [6.45, 7) is 1.97. The van der Waals surface area contributed by atoms with Crippen LogP contribution in [-0.2, 0) is 24.3 Å². The first-order valence-electron chi connectivity index (χ1n) is 12.5. The van der Waals surface area contributed by atoms with E-state index in [-0.39, 0.29) is 11.9 Å². The van der Waals surface area contributed by atoms with Crippen LogP contribution in [0.3, 0.4) is 0 Å². The number of hydrogen-bond acceptors (Lipinski definition) is 6. The number of rotatable bonds is 12. The molecular weight excluding hydrogens is 454 g/mol. The van der Waals surface area contributed by atoms with Gasteiger partial charge in [-0.15, -0.1) is 0 Å². The second kappa shape index (κ2) is 12.9. The molecule has 36 heavy (non-hydrogen) atoms. The molecule has 2 heterocycles. The zero-order chi connectivity index (χ0) is 25.2. The van der Waals surface area contributed by atoms with Gasteiger partial charge >= 0.3 is 5.97 Å². The minimum absolute atomic E-state index is 0.199. The number of benzene rings is 1. The average molecular weight is 488 g/mol. The highest BCUT2D eigenvalue weighted by molar-refractivity contribution is 5.96. The van der Waals surface area contributed by atoms with Crippen molar-refractivity contribution < 1.29 is 14.7 Å². The molecule has 0 radical (unpaired) electrons. The van der Waals surface area contributed by atoms with Crippen LogP contribution >= 0.6 is 0 Å². The van der Waals surface area contributed by atoms with Gasteiger partial charge < -0.3 is 21.1 Å². The largest absolute Gasteiger partial charge is 0.480 e. The fraction of sp³-hybridized carbons (Fsp3) is 0.357. The summed E-state index contributed by atoms with van der Waals surface area (Å²) < 4.78 is 0. The highest BCUT2D eigenvalue weighted by atomic mass is 16.4. The fourth-order valence-electron chi connectivity index (χ4n) is 4.50. The quantitative estimate of drug-likeness (QED) is 0.289. The predicted octanol–water partition coefficient (Wildman–Crippen LogP) is 3.40. The van der Waals surface area contributed by atoms with Crippen LogP contribution < -0.4 is 16.0 Å². The molecule has 3 aromatic rings. The molecule has 1 unspecified atom stereocenters. The van der Waals surface area contributed by atoms with E-state index in [1.807, 2.05) is 42.6 Å². The Kier molecular flexibility index (Phi) is 9.13. The molecule has 0 spiro atoms. The third-order valence-corrected chi connectivity index (χ3v) is 6.44. The van der Waals surface area contributed by atoms with Gasteiger partial charge in [0.1, 0.15) is 6.04 Å². The van der Waals surface area contributed by atoms with E-state index in [4.69, 9.17) is 0 Å². The maximum atomic E-state index is 12.7. The first-order chi connectivity index (χ1) is 17.6. The number of aryl methyl sites for hydroxylation is 1. The van der Waals surface area contributed by atoms with E-state index in [2.05, 4.69) is 32.0 Å². The number of nitrogens with zero attached hydrogens (tertiary/aromatic N) is 2. The van der Waals surface area contributed by atoms with Crippen LogP contribution in [0.1, 0.15) is 64.6 Å². The van der Waals surface area contributed by atoms with E-state index < -0.39 is 12.0 Å². The second-order valence-electron chi connectivity index (χ2n) is 9.07. The van der Waals surface area contributed by atoms with Crippen LogP contribution in [0.15, 0.2) is 67.0 Å². The Hall–Kier alpha value is -3.62.